The van der Waals surface area contributed by atoms with Crippen LogP contribution in [0.15, 0.2) is 12.1 Å². The minimum atomic E-state index is 0.0543. The highest BCUT2D eigenvalue weighted by Gasteiger charge is 2.13. The molecule has 1 N–H and O–H groups in total. The van der Waals surface area contributed by atoms with Gasteiger partial charge in [0.15, 0.2) is 11.5 Å². The molecule has 0 aliphatic heterocycles. The predicted octanol–water partition coefficient (Wildman–Crippen LogP) is 2.66. The molecule has 0 saturated heterocycles. The zero-order valence-corrected chi connectivity index (χ0v) is 10.2. The van der Waals surface area contributed by atoms with Crippen LogP contribution in [0.2, 0.25) is 0 Å². The first kappa shape index (κ1) is 12.6. The Bertz CT molecular complexity index is 394. The molecule has 0 radical (unpaired) electrons. The van der Waals surface area contributed by atoms with Gasteiger partial charge >= 0.3 is 0 Å². The molecule has 0 atom stereocenters. The number of carbonyl (C=O) groups excluding carboxylic acids is 1. The fourth-order valence-electron chi connectivity index (χ4n) is 1.66. The smallest absolute Gasteiger partial charge is 0.164 e. The average molecular weight is 222 g/mol. The fraction of sp³-hybridized carbons (Fsp3) is 0.462. The molecule has 0 aliphatic rings. The highest BCUT2D eigenvalue weighted by atomic mass is 16.5. The zero-order chi connectivity index (χ0) is 12.3. The maximum atomic E-state index is 11.1. The number of rotatable bonds is 4. The van der Waals surface area contributed by atoms with E-state index in [-0.39, 0.29) is 18.0 Å². The predicted molar refractivity (Wildman–Crippen MR) is 63.1 cm³/mol. The van der Waals surface area contributed by atoms with Crippen LogP contribution in [0, 0.1) is 0 Å². The Morgan fingerprint density at radius 3 is 2.50 bits per heavy atom. The SMILES string of the molecule is COc1c(O)cc(C(C)C)cc1CC(C)=O. The molecular weight excluding hydrogens is 204 g/mol. The highest BCUT2D eigenvalue weighted by molar-refractivity contribution is 5.79. The van der Waals surface area contributed by atoms with Crippen molar-refractivity contribution in [2.45, 2.75) is 33.1 Å². The number of hydrogen-bond donors (Lipinski definition) is 1. The van der Waals surface area contributed by atoms with Crippen LogP contribution in [-0.2, 0) is 11.2 Å². The van der Waals surface area contributed by atoms with Crippen LogP contribution in [0.5, 0.6) is 11.5 Å². The van der Waals surface area contributed by atoms with Crippen LogP contribution in [0.1, 0.15) is 37.8 Å². The van der Waals surface area contributed by atoms with E-state index in [4.69, 9.17) is 4.74 Å². The van der Waals surface area contributed by atoms with Gasteiger partial charge in [0.25, 0.3) is 0 Å². The van der Waals surface area contributed by atoms with E-state index in [0.717, 1.165) is 11.1 Å². The summed E-state index contributed by atoms with van der Waals surface area (Å²) in [5, 5.41) is 9.80. The number of benzene rings is 1. The van der Waals surface area contributed by atoms with Crippen molar-refractivity contribution in [1.29, 1.82) is 0 Å². The maximum absolute atomic E-state index is 11.1. The van der Waals surface area contributed by atoms with Crippen LogP contribution in [0.25, 0.3) is 0 Å². The van der Waals surface area contributed by atoms with Crippen molar-refractivity contribution in [2.75, 3.05) is 7.11 Å². The van der Waals surface area contributed by atoms with E-state index in [1.54, 1.807) is 6.07 Å². The van der Waals surface area contributed by atoms with Crippen molar-refractivity contribution >= 4 is 5.78 Å². The summed E-state index contributed by atoms with van der Waals surface area (Å²) in [4.78, 5) is 11.1. The molecular formula is C13H18O3. The molecule has 0 bridgehead atoms. The van der Waals surface area contributed by atoms with Gasteiger partial charge in [0.2, 0.25) is 0 Å². The molecule has 0 spiro atoms. The van der Waals surface area contributed by atoms with E-state index in [0.29, 0.717) is 11.7 Å². The number of phenolic OH excluding ortho intramolecular Hbond substituents is 1. The van der Waals surface area contributed by atoms with Crippen LogP contribution in [-0.4, -0.2) is 18.0 Å². The number of ketones is 1. The molecule has 3 nitrogen and oxygen atoms in total. The number of aromatic hydroxyl groups is 1. The van der Waals surface area contributed by atoms with Crippen molar-refractivity contribution in [3.63, 3.8) is 0 Å². The van der Waals surface area contributed by atoms with Crippen LogP contribution < -0.4 is 4.74 Å². The van der Waals surface area contributed by atoms with Crippen molar-refractivity contribution in [1.82, 2.24) is 0 Å². The summed E-state index contributed by atoms with van der Waals surface area (Å²) in [7, 11) is 1.49. The Morgan fingerprint density at radius 1 is 1.44 bits per heavy atom. The second-order valence-corrected chi connectivity index (χ2v) is 4.27. The molecule has 0 aliphatic carbocycles. The lowest BCUT2D eigenvalue weighted by Gasteiger charge is -2.13. The lowest BCUT2D eigenvalue weighted by atomic mass is 9.97. The number of phenols is 1. The first-order chi connectivity index (χ1) is 7.45. The van der Waals surface area contributed by atoms with Gasteiger partial charge in [-0.2, -0.15) is 0 Å². The molecule has 0 heterocycles. The average Bonchev–Trinajstić information content (AvgIpc) is 2.16. The number of Topliss-reactive ketones (excluding diaryl/α,β-unsaturated/α-hetero) is 1. The number of carbonyl (C=O) groups is 1. The lowest BCUT2D eigenvalue weighted by molar-refractivity contribution is -0.116. The van der Waals surface area contributed by atoms with E-state index in [1.807, 2.05) is 19.9 Å². The number of methoxy groups -OCH3 is 1. The minimum Gasteiger partial charge on any atom is -0.504 e. The topological polar surface area (TPSA) is 46.5 Å². The summed E-state index contributed by atoms with van der Waals surface area (Å²) < 4.78 is 5.11. The Balaban J connectivity index is 3.24. The van der Waals surface area contributed by atoms with Crippen molar-refractivity contribution in [3.05, 3.63) is 23.3 Å². The van der Waals surface area contributed by atoms with Crippen LogP contribution in [0.4, 0.5) is 0 Å². The third-order valence-corrected chi connectivity index (χ3v) is 2.48. The first-order valence-electron chi connectivity index (χ1n) is 5.35. The molecule has 0 fully saturated rings. The van der Waals surface area contributed by atoms with Gasteiger partial charge < -0.3 is 9.84 Å². The summed E-state index contributed by atoms with van der Waals surface area (Å²) >= 11 is 0. The van der Waals surface area contributed by atoms with E-state index >= 15 is 0 Å². The normalized spacial score (nSPS) is 10.6. The largest absolute Gasteiger partial charge is 0.504 e. The van der Waals surface area contributed by atoms with E-state index in [9.17, 15) is 9.90 Å². The molecule has 1 aromatic carbocycles. The Morgan fingerprint density at radius 2 is 2.06 bits per heavy atom. The highest BCUT2D eigenvalue weighted by Crippen LogP contribution is 2.34. The first-order valence-corrected chi connectivity index (χ1v) is 5.35. The summed E-state index contributed by atoms with van der Waals surface area (Å²) in [5.74, 6) is 0.866. The third-order valence-electron chi connectivity index (χ3n) is 2.48. The Kier molecular flexibility index (Phi) is 3.93. The second kappa shape index (κ2) is 5.01. The lowest BCUT2D eigenvalue weighted by Crippen LogP contribution is -2.01. The number of ether oxygens (including phenoxy) is 1. The summed E-state index contributed by atoms with van der Waals surface area (Å²) in [6.45, 7) is 5.61. The maximum Gasteiger partial charge on any atom is 0.164 e. The molecule has 3 heteroatoms. The number of hydrogen-bond acceptors (Lipinski definition) is 3. The molecule has 0 amide bonds. The molecule has 0 unspecified atom stereocenters. The standard InChI is InChI=1S/C13H18O3/c1-8(2)10-6-11(5-9(3)14)13(16-4)12(15)7-10/h6-8,15H,5H2,1-4H3. The van der Waals surface area contributed by atoms with E-state index < -0.39 is 0 Å². The monoisotopic (exact) mass is 222 g/mol. The quantitative estimate of drug-likeness (QED) is 0.851. The fourth-order valence-corrected chi connectivity index (χ4v) is 1.66. The third kappa shape index (κ3) is 2.75. The van der Waals surface area contributed by atoms with Gasteiger partial charge in [0.1, 0.15) is 5.78 Å². The van der Waals surface area contributed by atoms with E-state index in [1.165, 1.54) is 14.0 Å². The van der Waals surface area contributed by atoms with E-state index in [2.05, 4.69) is 0 Å². The molecule has 0 aromatic heterocycles. The van der Waals surface area contributed by atoms with Gasteiger partial charge in [0, 0.05) is 12.0 Å². The van der Waals surface area contributed by atoms with Gasteiger partial charge in [-0.05, 0) is 24.5 Å². The van der Waals surface area contributed by atoms with Gasteiger partial charge in [-0.1, -0.05) is 19.9 Å². The van der Waals surface area contributed by atoms with Gasteiger partial charge in [-0.25, -0.2) is 0 Å². The van der Waals surface area contributed by atoms with Crippen molar-refractivity contribution in [2.24, 2.45) is 0 Å². The molecule has 1 rings (SSSR count). The van der Waals surface area contributed by atoms with Crippen molar-refractivity contribution in [3.8, 4) is 11.5 Å². The molecule has 1 aromatic rings. The minimum absolute atomic E-state index is 0.0543. The summed E-state index contributed by atoms with van der Waals surface area (Å²) in [6.07, 6.45) is 0.289. The Hall–Kier alpha value is -1.51. The Labute approximate surface area is 96.1 Å². The molecule has 88 valence electrons. The van der Waals surface area contributed by atoms with Crippen LogP contribution in [0.3, 0.4) is 0 Å². The molecule has 0 saturated carbocycles. The second-order valence-electron chi connectivity index (χ2n) is 4.27. The van der Waals surface area contributed by atoms with Gasteiger partial charge in [0.05, 0.1) is 7.11 Å². The van der Waals surface area contributed by atoms with Crippen molar-refractivity contribution < 1.29 is 14.6 Å². The molecule has 16 heavy (non-hydrogen) atoms. The van der Waals surface area contributed by atoms with Gasteiger partial charge in [-0.15, -0.1) is 0 Å². The summed E-state index contributed by atoms with van der Waals surface area (Å²) in [5.41, 5.74) is 1.76. The summed E-state index contributed by atoms with van der Waals surface area (Å²) in [6, 6.07) is 3.61. The van der Waals surface area contributed by atoms with Crippen LogP contribution >= 0.6 is 0 Å². The van der Waals surface area contributed by atoms with Gasteiger partial charge in [-0.3, -0.25) is 4.79 Å². The zero-order valence-electron chi connectivity index (χ0n) is 10.2.